The summed E-state index contributed by atoms with van der Waals surface area (Å²) in [5, 5.41) is 0. The minimum atomic E-state index is -0.469. The minimum absolute atomic E-state index is 0.0786. The summed E-state index contributed by atoms with van der Waals surface area (Å²) >= 11 is 0. The number of likely N-dealkylation sites (tertiary alicyclic amines) is 1. The number of ether oxygens (including phenoxy) is 2. The second kappa shape index (κ2) is 6.46. The summed E-state index contributed by atoms with van der Waals surface area (Å²) in [7, 11) is 0. The number of esters is 1. The van der Waals surface area contributed by atoms with Crippen molar-refractivity contribution in [2.75, 3.05) is 19.7 Å². The van der Waals surface area contributed by atoms with E-state index in [1.165, 1.54) is 0 Å². The molecule has 0 saturated carbocycles. The monoisotopic (exact) mass is 285 g/mol. The predicted octanol–water partition coefficient (Wildman–Crippen LogP) is 2.98. The molecule has 1 aliphatic heterocycles. The third-order valence-electron chi connectivity index (χ3n) is 3.50. The van der Waals surface area contributed by atoms with Gasteiger partial charge in [0.25, 0.3) is 0 Å². The van der Waals surface area contributed by atoms with Crippen LogP contribution in [-0.4, -0.2) is 42.3 Å². The molecule has 0 unspecified atom stereocenters. The molecule has 0 atom stereocenters. The van der Waals surface area contributed by atoms with E-state index in [-0.39, 0.29) is 17.5 Å². The van der Waals surface area contributed by atoms with Crippen molar-refractivity contribution in [3.05, 3.63) is 0 Å². The first kappa shape index (κ1) is 16.8. The van der Waals surface area contributed by atoms with Gasteiger partial charge in [-0.15, -0.1) is 0 Å². The van der Waals surface area contributed by atoms with Gasteiger partial charge in [0.05, 0.1) is 13.0 Å². The number of piperidine rings is 1. The highest BCUT2D eigenvalue weighted by atomic mass is 16.6. The largest absolute Gasteiger partial charge is 0.466 e. The maximum absolute atomic E-state index is 12.0. The van der Waals surface area contributed by atoms with Gasteiger partial charge in [0.2, 0.25) is 0 Å². The Morgan fingerprint density at radius 1 is 1.20 bits per heavy atom. The van der Waals surface area contributed by atoms with Gasteiger partial charge in [0.1, 0.15) is 5.60 Å². The van der Waals surface area contributed by atoms with Crippen LogP contribution in [0.1, 0.15) is 53.9 Å². The average Bonchev–Trinajstić information content (AvgIpc) is 2.26. The van der Waals surface area contributed by atoms with Crippen LogP contribution in [0.2, 0.25) is 0 Å². The Morgan fingerprint density at radius 2 is 1.75 bits per heavy atom. The van der Waals surface area contributed by atoms with E-state index in [1.54, 1.807) is 4.90 Å². The van der Waals surface area contributed by atoms with Crippen molar-refractivity contribution in [1.29, 1.82) is 0 Å². The highest BCUT2D eigenvalue weighted by Gasteiger charge is 2.35. The summed E-state index contributed by atoms with van der Waals surface area (Å²) in [6.45, 7) is 11.1. The molecule has 0 aromatic rings. The van der Waals surface area contributed by atoms with Crippen LogP contribution in [0, 0.1) is 5.41 Å². The fourth-order valence-corrected chi connectivity index (χ4v) is 2.29. The molecule has 0 aromatic heterocycles. The first-order valence-corrected chi connectivity index (χ1v) is 7.29. The quantitative estimate of drug-likeness (QED) is 0.748. The van der Waals surface area contributed by atoms with Gasteiger partial charge in [-0.05, 0) is 46.0 Å². The Hall–Kier alpha value is -1.26. The van der Waals surface area contributed by atoms with Gasteiger partial charge in [-0.25, -0.2) is 4.79 Å². The van der Waals surface area contributed by atoms with Crippen molar-refractivity contribution in [3.63, 3.8) is 0 Å². The summed E-state index contributed by atoms with van der Waals surface area (Å²) in [6.07, 6.45) is 1.75. The molecule has 5 heteroatoms. The lowest BCUT2D eigenvalue weighted by Crippen LogP contribution is -2.45. The molecule has 1 amide bonds. The zero-order valence-corrected chi connectivity index (χ0v) is 13.3. The molecule has 1 rings (SSSR count). The summed E-state index contributed by atoms with van der Waals surface area (Å²) in [4.78, 5) is 25.3. The number of rotatable bonds is 3. The van der Waals surface area contributed by atoms with Crippen LogP contribution in [-0.2, 0) is 14.3 Å². The topological polar surface area (TPSA) is 55.8 Å². The Kier molecular flexibility index (Phi) is 5.42. The smallest absolute Gasteiger partial charge is 0.410 e. The molecule has 0 radical (unpaired) electrons. The lowest BCUT2D eigenvalue weighted by Gasteiger charge is -2.39. The van der Waals surface area contributed by atoms with Crippen LogP contribution in [0.3, 0.4) is 0 Å². The Balaban J connectivity index is 2.46. The Morgan fingerprint density at radius 3 is 2.20 bits per heavy atom. The summed E-state index contributed by atoms with van der Waals surface area (Å²) in [6, 6.07) is 0. The molecule has 0 aliphatic carbocycles. The number of carbonyl (C=O) groups is 2. The number of carbonyl (C=O) groups excluding carboxylic acids is 2. The van der Waals surface area contributed by atoms with Gasteiger partial charge >= 0.3 is 12.1 Å². The van der Waals surface area contributed by atoms with Gasteiger partial charge in [0.15, 0.2) is 0 Å². The molecule has 20 heavy (non-hydrogen) atoms. The van der Waals surface area contributed by atoms with E-state index in [0.717, 1.165) is 12.8 Å². The van der Waals surface area contributed by atoms with Crippen molar-refractivity contribution in [2.45, 2.75) is 59.5 Å². The standard InChI is InChI=1S/C15H27NO4/c1-6-19-12(17)11-15(5)7-9-16(10-8-15)13(18)20-14(2,3)4/h6-11H2,1-5H3. The van der Waals surface area contributed by atoms with Crippen LogP contribution in [0.4, 0.5) is 4.79 Å². The van der Waals surface area contributed by atoms with Gasteiger partial charge < -0.3 is 14.4 Å². The average molecular weight is 285 g/mol. The number of hydrogen-bond acceptors (Lipinski definition) is 4. The predicted molar refractivity (Wildman–Crippen MR) is 76.4 cm³/mol. The van der Waals surface area contributed by atoms with E-state index in [2.05, 4.69) is 6.92 Å². The SMILES string of the molecule is CCOC(=O)CC1(C)CCN(C(=O)OC(C)(C)C)CC1. The highest BCUT2D eigenvalue weighted by molar-refractivity contribution is 5.70. The van der Waals surface area contributed by atoms with Crippen molar-refractivity contribution in [3.8, 4) is 0 Å². The van der Waals surface area contributed by atoms with Gasteiger partial charge in [0, 0.05) is 13.1 Å². The maximum Gasteiger partial charge on any atom is 0.410 e. The Bertz CT molecular complexity index is 351. The van der Waals surface area contributed by atoms with Gasteiger partial charge in [-0.1, -0.05) is 6.92 Å². The van der Waals surface area contributed by atoms with Gasteiger partial charge in [-0.2, -0.15) is 0 Å². The summed E-state index contributed by atoms with van der Waals surface area (Å²) < 4.78 is 10.4. The zero-order valence-electron chi connectivity index (χ0n) is 13.3. The van der Waals surface area contributed by atoms with Crippen LogP contribution < -0.4 is 0 Å². The minimum Gasteiger partial charge on any atom is -0.466 e. The fraction of sp³-hybridized carbons (Fsp3) is 0.867. The Labute approximate surface area is 121 Å². The number of amides is 1. The van der Waals surface area contributed by atoms with E-state index in [4.69, 9.17) is 9.47 Å². The first-order chi connectivity index (χ1) is 9.15. The van der Waals surface area contributed by atoms with Crippen LogP contribution in [0.15, 0.2) is 0 Å². The summed E-state index contributed by atoms with van der Waals surface area (Å²) in [5.74, 6) is -0.152. The van der Waals surface area contributed by atoms with Crippen LogP contribution >= 0.6 is 0 Å². The molecule has 1 fully saturated rings. The van der Waals surface area contributed by atoms with E-state index < -0.39 is 5.60 Å². The lowest BCUT2D eigenvalue weighted by molar-refractivity contribution is -0.146. The van der Waals surface area contributed by atoms with Crippen LogP contribution in [0.5, 0.6) is 0 Å². The molecule has 0 aromatic carbocycles. The fourth-order valence-electron chi connectivity index (χ4n) is 2.29. The maximum atomic E-state index is 12.0. The normalized spacial score (nSPS) is 18.6. The van der Waals surface area contributed by atoms with Crippen molar-refractivity contribution >= 4 is 12.1 Å². The highest BCUT2D eigenvalue weighted by Crippen LogP contribution is 2.35. The molecular formula is C15H27NO4. The third-order valence-corrected chi connectivity index (χ3v) is 3.50. The second-order valence-corrected chi connectivity index (χ2v) is 6.76. The molecule has 5 nitrogen and oxygen atoms in total. The molecule has 116 valence electrons. The summed E-state index contributed by atoms with van der Waals surface area (Å²) in [5.41, 5.74) is -0.548. The van der Waals surface area contributed by atoms with Gasteiger partial charge in [-0.3, -0.25) is 4.79 Å². The van der Waals surface area contributed by atoms with E-state index in [0.29, 0.717) is 26.1 Å². The second-order valence-electron chi connectivity index (χ2n) is 6.76. The van der Waals surface area contributed by atoms with Crippen LogP contribution in [0.25, 0.3) is 0 Å². The molecule has 0 spiro atoms. The van der Waals surface area contributed by atoms with Crippen molar-refractivity contribution < 1.29 is 19.1 Å². The third kappa shape index (κ3) is 5.39. The van der Waals surface area contributed by atoms with Crippen molar-refractivity contribution in [1.82, 2.24) is 4.90 Å². The number of hydrogen-bond donors (Lipinski definition) is 0. The first-order valence-electron chi connectivity index (χ1n) is 7.29. The molecule has 1 heterocycles. The molecular weight excluding hydrogens is 258 g/mol. The molecule has 1 saturated heterocycles. The molecule has 1 aliphatic rings. The lowest BCUT2D eigenvalue weighted by atomic mass is 9.78. The number of nitrogens with zero attached hydrogens (tertiary/aromatic N) is 1. The molecule has 0 N–H and O–H groups in total. The van der Waals surface area contributed by atoms with E-state index >= 15 is 0 Å². The molecule has 0 bridgehead atoms. The zero-order chi connectivity index (χ0) is 15.4. The van der Waals surface area contributed by atoms with Crippen molar-refractivity contribution in [2.24, 2.45) is 5.41 Å². The van der Waals surface area contributed by atoms with E-state index in [9.17, 15) is 9.59 Å². The van der Waals surface area contributed by atoms with E-state index in [1.807, 2.05) is 27.7 Å².